The van der Waals surface area contributed by atoms with Crippen LogP contribution in [0, 0.1) is 57.2 Å². The molecule has 0 aromatic heterocycles. The number of aliphatic hydroxyl groups excluding tert-OH is 2. The van der Waals surface area contributed by atoms with Gasteiger partial charge in [0, 0.05) is 19.6 Å². The summed E-state index contributed by atoms with van der Waals surface area (Å²) in [5, 5.41) is 60.1. The molecule has 5 rings (SSSR count). The molecule has 0 amide bonds. The van der Waals surface area contributed by atoms with Crippen LogP contribution in [-0.4, -0.2) is 103 Å². The van der Waals surface area contributed by atoms with Crippen molar-refractivity contribution in [3.05, 3.63) is 12.2 Å². The first-order valence-corrected chi connectivity index (χ1v) is 25.3. The SMILES string of the molecule is C1CCOC1.CC(C)(O)CCC[C@](C)(C/C=C/C(O)(C(F)(F)F)C(F)(F)F)[C@H]1CCC2[C@@H](O)CCC[C@@]21C.CC(C)(O)CCC[C@](C)(CC#CC(O)(C(F)(F)F)C(F)(F)F)[C@H]1CCC2[C@@H](O)CCC[C@@]21C. The minimum atomic E-state index is -5.98. The first-order valence-electron chi connectivity index (χ1n) is 25.3. The standard InChI is InChI=1S/C24H38F6O3.C24H36F6O3.C4H8O/c2*1-19(2,32)11-6-12-20(3,13-7-15-22(33,23(25,26)27)24(28,29)30)18-10-9-16-17(31)8-5-14-21(16,18)4;1-2-4-5-3-1/h7,15-18,31-33H,5-6,8-14H2,1-4H3;16-18,31-33H,5-6,8-14H2,1-4H3;1-4H2/b15-7+;;/t2*16?,17-,18+,20+,21-;/m00./s1. The summed E-state index contributed by atoms with van der Waals surface area (Å²) < 4.78 is 162. The average Bonchev–Trinajstić information content (AvgIpc) is 3.97. The Morgan fingerprint density at radius 3 is 1.28 bits per heavy atom. The molecule has 0 radical (unpaired) electrons. The molecule has 10 atom stereocenters. The number of ether oxygens (including phenoxy) is 1. The second kappa shape index (κ2) is 23.2. The van der Waals surface area contributed by atoms with Crippen molar-refractivity contribution in [3.63, 3.8) is 0 Å². The maximum absolute atomic E-state index is 13.1. The van der Waals surface area contributed by atoms with Crippen molar-refractivity contribution in [1.29, 1.82) is 0 Å². The van der Waals surface area contributed by atoms with Gasteiger partial charge in [0.1, 0.15) is 0 Å². The third-order valence-electron chi connectivity index (χ3n) is 17.2. The number of halogens is 12. The molecular formula is C52H82F12O7. The van der Waals surface area contributed by atoms with E-state index < -0.39 is 70.1 Å². The molecule has 1 saturated heterocycles. The molecule has 2 unspecified atom stereocenters. The van der Waals surface area contributed by atoms with Gasteiger partial charge in [0.15, 0.2) is 0 Å². The third kappa shape index (κ3) is 15.4. The molecule has 0 bridgehead atoms. The Kier molecular flexibility index (Phi) is 20.7. The fraction of sp³-hybridized carbons (Fsp3) is 0.923. The van der Waals surface area contributed by atoms with Crippen LogP contribution in [0.5, 0.6) is 0 Å². The van der Waals surface area contributed by atoms with E-state index in [4.69, 9.17) is 4.74 Å². The summed E-state index contributed by atoms with van der Waals surface area (Å²) in [7, 11) is 0. The third-order valence-corrected chi connectivity index (χ3v) is 17.2. The molecule has 1 heterocycles. The highest BCUT2D eigenvalue weighted by molar-refractivity contribution is 5.22. The Morgan fingerprint density at radius 1 is 0.535 bits per heavy atom. The largest absolute Gasteiger partial charge is 0.438 e. The fourth-order valence-electron chi connectivity index (χ4n) is 13.3. The predicted molar refractivity (Wildman–Crippen MR) is 245 cm³/mol. The van der Waals surface area contributed by atoms with Gasteiger partial charge in [0.25, 0.3) is 5.60 Å². The average molecular weight is 1050 g/mol. The monoisotopic (exact) mass is 1050 g/mol. The van der Waals surface area contributed by atoms with Gasteiger partial charge in [-0.2, -0.15) is 52.7 Å². The summed E-state index contributed by atoms with van der Waals surface area (Å²) in [4.78, 5) is 0. The molecule has 19 heteroatoms. The van der Waals surface area contributed by atoms with Crippen LogP contribution in [0.4, 0.5) is 52.7 Å². The van der Waals surface area contributed by atoms with Gasteiger partial charge in [0.05, 0.1) is 23.4 Å². The van der Waals surface area contributed by atoms with E-state index in [1.54, 1.807) is 27.7 Å². The molecule has 5 aliphatic rings. The van der Waals surface area contributed by atoms with Crippen molar-refractivity contribution in [1.82, 2.24) is 0 Å². The molecule has 0 spiro atoms. The first kappa shape index (κ1) is 63.5. The van der Waals surface area contributed by atoms with Crippen LogP contribution in [0.25, 0.3) is 0 Å². The van der Waals surface area contributed by atoms with Crippen molar-refractivity contribution in [2.45, 2.75) is 243 Å². The van der Waals surface area contributed by atoms with Gasteiger partial charge in [-0.1, -0.05) is 65.4 Å². The van der Waals surface area contributed by atoms with Crippen molar-refractivity contribution >= 4 is 0 Å². The molecule has 7 nitrogen and oxygen atoms in total. The van der Waals surface area contributed by atoms with Crippen LogP contribution in [0.15, 0.2) is 12.2 Å². The summed E-state index contributed by atoms with van der Waals surface area (Å²) >= 11 is 0. The molecule has 416 valence electrons. The Hall–Kier alpha value is -1.82. The number of alkyl halides is 12. The number of hydrogen-bond donors (Lipinski definition) is 6. The van der Waals surface area contributed by atoms with Crippen LogP contribution in [0.1, 0.15) is 184 Å². The highest BCUT2D eigenvalue weighted by Gasteiger charge is 2.71. The maximum Gasteiger partial charge on any atom is 0.438 e. The summed E-state index contributed by atoms with van der Waals surface area (Å²) in [6.07, 6.45) is -11.3. The molecule has 0 aromatic carbocycles. The van der Waals surface area contributed by atoms with Crippen LogP contribution >= 0.6 is 0 Å². The van der Waals surface area contributed by atoms with E-state index in [9.17, 15) is 83.3 Å². The minimum Gasteiger partial charge on any atom is -0.393 e. The van der Waals surface area contributed by atoms with E-state index in [0.717, 1.165) is 70.2 Å². The van der Waals surface area contributed by atoms with Crippen LogP contribution < -0.4 is 0 Å². The Labute approximate surface area is 413 Å². The fourth-order valence-corrected chi connectivity index (χ4v) is 13.3. The lowest BCUT2D eigenvalue weighted by Crippen LogP contribution is -2.55. The summed E-state index contributed by atoms with van der Waals surface area (Å²) in [5.41, 5.74) is -13.8. The van der Waals surface area contributed by atoms with Crippen LogP contribution in [0.2, 0.25) is 0 Å². The van der Waals surface area contributed by atoms with Crippen LogP contribution in [0.3, 0.4) is 0 Å². The highest BCUT2D eigenvalue weighted by Crippen LogP contribution is 2.64. The van der Waals surface area contributed by atoms with E-state index in [2.05, 4.69) is 19.8 Å². The number of hydrogen-bond acceptors (Lipinski definition) is 7. The molecule has 4 saturated carbocycles. The predicted octanol–water partition coefficient (Wildman–Crippen LogP) is 12.9. The highest BCUT2D eigenvalue weighted by atomic mass is 19.4. The smallest absolute Gasteiger partial charge is 0.393 e. The summed E-state index contributed by atoms with van der Waals surface area (Å²) in [5.74, 6) is 3.18. The van der Waals surface area contributed by atoms with E-state index >= 15 is 0 Å². The van der Waals surface area contributed by atoms with Gasteiger partial charge in [-0.3, -0.25) is 0 Å². The van der Waals surface area contributed by atoms with Crippen LogP contribution in [-0.2, 0) is 4.74 Å². The zero-order chi connectivity index (χ0) is 54.6. The van der Waals surface area contributed by atoms with Gasteiger partial charge >= 0.3 is 30.3 Å². The second-order valence-corrected chi connectivity index (χ2v) is 23.9. The Bertz CT molecular complexity index is 1730. The lowest BCUT2D eigenvalue weighted by Gasteiger charge is -2.50. The molecule has 6 N–H and O–H groups in total. The van der Waals surface area contributed by atoms with Crippen molar-refractivity contribution < 1.29 is 88.1 Å². The molecule has 0 aromatic rings. The zero-order valence-electron chi connectivity index (χ0n) is 42.8. The second-order valence-electron chi connectivity index (χ2n) is 23.9. The molecular weight excluding hydrogens is 965 g/mol. The Morgan fingerprint density at radius 2 is 0.930 bits per heavy atom. The van der Waals surface area contributed by atoms with Gasteiger partial charge in [0.2, 0.25) is 0 Å². The molecule has 1 aliphatic heterocycles. The van der Waals surface area contributed by atoms with Gasteiger partial charge in [-0.15, -0.1) is 0 Å². The maximum atomic E-state index is 13.1. The summed E-state index contributed by atoms with van der Waals surface area (Å²) in [6.45, 7) is 16.4. The number of fused-ring (bicyclic) bond motifs is 2. The molecule has 5 fully saturated rings. The number of rotatable bonds is 14. The van der Waals surface area contributed by atoms with E-state index in [1.165, 1.54) is 12.8 Å². The number of aliphatic hydroxyl groups is 6. The van der Waals surface area contributed by atoms with Gasteiger partial charge < -0.3 is 35.4 Å². The van der Waals surface area contributed by atoms with Crippen molar-refractivity contribution in [2.24, 2.45) is 45.3 Å². The van der Waals surface area contributed by atoms with Gasteiger partial charge in [-0.05, 0) is 181 Å². The van der Waals surface area contributed by atoms with Gasteiger partial charge in [-0.25, -0.2) is 0 Å². The molecule has 71 heavy (non-hydrogen) atoms. The Balaban J connectivity index is 0.000000340. The lowest BCUT2D eigenvalue weighted by atomic mass is 9.56. The lowest BCUT2D eigenvalue weighted by molar-refractivity contribution is -0.347. The van der Waals surface area contributed by atoms with Crippen molar-refractivity contribution in [2.75, 3.05) is 13.2 Å². The summed E-state index contributed by atoms with van der Waals surface area (Å²) in [6, 6.07) is 0. The molecule has 4 aliphatic carbocycles. The zero-order valence-corrected chi connectivity index (χ0v) is 42.8. The quantitative estimate of drug-likeness (QED) is 0.0580. The van der Waals surface area contributed by atoms with E-state index in [1.807, 2.05) is 13.8 Å². The van der Waals surface area contributed by atoms with E-state index in [-0.39, 0.29) is 53.4 Å². The van der Waals surface area contributed by atoms with Crippen molar-refractivity contribution in [3.8, 4) is 11.8 Å². The van der Waals surface area contributed by atoms with E-state index in [0.29, 0.717) is 57.8 Å². The first-order chi connectivity index (χ1) is 32.0. The number of allylic oxidation sites excluding steroid dienone is 1. The topological polar surface area (TPSA) is 131 Å². The normalized spacial score (nSPS) is 30.7. The minimum absolute atomic E-state index is 0.0127.